The van der Waals surface area contributed by atoms with Crippen LogP contribution in [0.5, 0.6) is 0 Å². The Morgan fingerprint density at radius 2 is 1.45 bits per heavy atom. The zero-order valence-electron chi connectivity index (χ0n) is 13.0. The van der Waals surface area contributed by atoms with E-state index in [-0.39, 0.29) is 0 Å². The lowest BCUT2D eigenvalue weighted by molar-refractivity contribution is 0.638. The van der Waals surface area contributed by atoms with Crippen LogP contribution in [0.1, 0.15) is 24.0 Å². The maximum Gasteiger partial charge on any atom is 0.0517 e. The van der Waals surface area contributed by atoms with Crippen LogP contribution in [0.2, 0.25) is 0 Å². The minimum atomic E-state index is 0.408. The molecule has 1 heteroatoms. The van der Waals surface area contributed by atoms with E-state index in [4.69, 9.17) is 0 Å². The molecule has 2 aromatic carbocycles. The second-order valence-electron chi connectivity index (χ2n) is 5.97. The summed E-state index contributed by atoms with van der Waals surface area (Å²) in [7, 11) is 0. The van der Waals surface area contributed by atoms with Crippen molar-refractivity contribution in [1.29, 1.82) is 0 Å². The smallest absolute Gasteiger partial charge is 0.0517 e. The van der Waals surface area contributed by atoms with Gasteiger partial charge in [0.2, 0.25) is 0 Å². The van der Waals surface area contributed by atoms with Crippen LogP contribution in [0.25, 0.3) is 0 Å². The molecule has 22 heavy (non-hydrogen) atoms. The number of hydrogen-bond donors (Lipinski definition) is 1. The molecule has 0 amide bonds. The first kappa shape index (κ1) is 14.6. The highest BCUT2D eigenvalue weighted by Crippen LogP contribution is 2.23. The molecular weight excluding hydrogens is 266 g/mol. The molecule has 0 radical (unpaired) electrons. The summed E-state index contributed by atoms with van der Waals surface area (Å²) in [5.74, 6) is 0. The molecule has 1 nitrogen and oxygen atoms in total. The van der Waals surface area contributed by atoms with Crippen LogP contribution in [-0.2, 0) is 12.8 Å². The fourth-order valence-corrected chi connectivity index (χ4v) is 3.10. The molecule has 0 aliphatic carbocycles. The van der Waals surface area contributed by atoms with Crippen molar-refractivity contribution >= 4 is 0 Å². The lowest BCUT2D eigenvalue weighted by atomic mass is 9.96. The fourth-order valence-electron chi connectivity index (χ4n) is 3.10. The third-order valence-corrected chi connectivity index (χ3v) is 4.22. The van der Waals surface area contributed by atoms with Gasteiger partial charge in [-0.3, -0.25) is 0 Å². The molecule has 112 valence electrons. The fraction of sp³-hybridized carbons (Fsp3) is 0.238. The van der Waals surface area contributed by atoms with Crippen LogP contribution in [0.3, 0.4) is 0 Å². The minimum Gasteiger partial charge on any atom is -0.379 e. The van der Waals surface area contributed by atoms with Crippen LogP contribution in [0, 0.1) is 0 Å². The Labute approximate surface area is 133 Å². The van der Waals surface area contributed by atoms with E-state index in [1.54, 1.807) is 0 Å². The van der Waals surface area contributed by atoms with Crippen molar-refractivity contribution < 1.29 is 0 Å². The topological polar surface area (TPSA) is 12.0 Å². The summed E-state index contributed by atoms with van der Waals surface area (Å²) in [6.07, 6.45) is 6.74. The van der Waals surface area contributed by atoms with E-state index >= 15 is 0 Å². The van der Waals surface area contributed by atoms with E-state index < -0.39 is 0 Å². The Kier molecular flexibility index (Phi) is 4.75. The van der Waals surface area contributed by atoms with Gasteiger partial charge in [-0.2, -0.15) is 0 Å². The normalized spacial score (nSPS) is 17.2. The number of hydrogen-bond acceptors (Lipinski definition) is 1. The van der Waals surface area contributed by atoms with E-state index in [0.29, 0.717) is 6.04 Å². The van der Waals surface area contributed by atoms with E-state index in [0.717, 1.165) is 25.0 Å². The van der Waals surface area contributed by atoms with E-state index in [1.807, 2.05) is 0 Å². The van der Waals surface area contributed by atoms with Crippen molar-refractivity contribution in [2.45, 2.75) is 31.7 Å². The highest BCUT2D eigenvalue weighted by atomic mass is 14.9. The van der Waals surface area contributed by atoms with Gasteiger partial charge in [-0.15, -0.1) is 0 Å². The van der Waals surface area contributed by atoms with Crippen LogP contribution in [0.15, 0.2) is 84.6 Å². The summed E-state index contributed by atoms with van der Waals surface area (Å²) in [6.45, 7) is 4.08. The van der Waals surface area contributed by atoms with Gasteiger partial charge in [0.1, 0.15) is 0 Å². The lowest BCUT2D eigenvalue weighted by Gasteiger charge is -2.16. The summed E-state index contributed by atoms with van der Waals surface area (Å²) < 4.78 is 0. The summed E-state index contributed by atoms with van der Waals surface area (Å²) >= 11 is 0. The zero-order chi connectivity index (χ0) is 15.2. The van der Waals surface area contributed by atoms with Gasteiger partial charge in [-0.25, -0.2) is 0 Å². The van der Waals surface area contributed by atoms with Gasteiger partial charge in [0.05, 0.1) is 6.04 Å². The van der Waals surface area contributed by atoms with Crippen molar-refractivity contribution in [2.75, 3.05) is 0 Å². The average Bonchev–Trinajstić information content (AvgIpc) is 2.89. The second-order valence-corrected chi connectivity index (χ2v) is 5.97. The number of allylic oxidation sites excluding steroid dienone is 1. The summed E-state index contributed by atoms with van der Waals surface area (Å²) in [6, 6.07) is 21.8. The molecule has 0 bridgehead atoms. The molecular formula is C21H23N. The Balaban J connectivity index is 1.56. The Morgan fingerprint density at radius 1 is 0.818 bits per heavy atom. The Bertz CT molecular complexity index is 640. The SMILES string of the molecule is C=C1C=C(CCCc2ccccc2)[C@H](Cc2ccccc2)N1. The molecule has 3 rings (SSSR count). The van der Waals surface area contributed by atoms with Crippen molar-refractivity contribution in [3.05, 3.63) is 95.7 Å². The van der Waals surface area contributed by atoms with Crippen LogP contribution >= 0.6 is 0 Å². The number of nitrogens with one attached hydrogen (secondary N) is 1. The van der Waals surface area contributed by atoms with Crippen molar-refractivity contribution in [3.63, 3.8) is 0 Å². The van der Waals surface area contributed by atoms with Gasteiger partial charge in [0.15, 0.2) is 0 Å². The molecule has 2 aromatic rings. The Hall–Kier alpha value is -2.28. The molecule has 0 spiro atoms. The maximum atomic E-state index is 4.08. The molecule has 1 aliphatic rings. The molecule has 1 N–H and O–H groups in total. The molecule has 0 saturated heterocycles. The van der Waals surface area contributed by atoms with Crippen molar-refractivity contribution in [2.24, 2.45) is 0 Å². The average molecular weight is 289 g/mol. The summed E-state index contributed by atoms with van der Waals surface area (Å²) in [5.41, 5.74) is 5.34. The van der Waals surface area contributed by atoms with E-state index in [1.165, 1.54) is 23.1 Å². The molecule has 0 unspecified atom stereocenters. The molecule has 0 saturated carbocycles. The van der Waals surface area contributed by atoms with Crippen molar-refractivity contribution in [1.82, 2.24) is 5.32 Å². The predicted molar refractivity (Wildman–Crippen MR) is 93.7 cm³/mol. The third-order valence-electron chi connectivity index (χ3n) is 4.22. The first-order chi connectivity index (χ1) is 10.8. The molecule has 0 fully saturated rings. The molecule has 0 aromatic heterocycles. The zero-order valence-corrected chi connectivity index (χ0v) is 13.0. The minimum absolute atomic E-state index is 0.408. The van der Waals surface area contributed by atoms with E-state index in [2.05, 4.69) is 78.6 Å². The summed E-state index contributed by atoms with van der Waals surface area (Å²) in [5, 5.41) is 3.51. The highest BCUT2D eigenvalue weighted by Gasteiger charge is 2.20. The highest BCUT2D eigenvalue weighted by molar-refractivity contribution is 5.34. The first-order valence-electron chi connectivity index (χ1n) is 8.05. The maximum absolute atomic E-state index is 4.08. The van der Waals surface area contributed by atoms with E-state index in [9.17, 15) is 0 Å². The van der Waals surface area contributed by atoms with Gasteiger partial charge < -0.3 is 5.32 Å². The summed E-state index contributed by atoms with van der Waals surface area (Å²) in [4.78, 5) is 0. The number of aryl methyl sites for hydroxylation is 1. The van der Waals surface area contributed by atoms with Gasteiger partial charge >= 0.3 is 0 Å². The molecule has 1 atom stereocenters. The Morgan fingerprint density at radius 3 is 2.14 bits per heavy atom. The molecule has 1 heterocycles. The molecule has 1 aliphatic heterocycles. The largest absolute Gasteiger partial charge is 0.379 e. The number of benzene rings is 2. The quantitative estimate of drug-likeness (QED) is 0.815. The predicted octanol–water partition coefficient (Wildman–Crippen LogP) is 4.66. The monoisotopic (exact) mass is 289 g/mol. The standard InChI is InChI=1S/C21H23N/c1-17-15-20(14-8-13-18-9-4-2-5-10-18)21(22-17)16-19-11-6-3-7-12-19/h2-7,9-12,15,21-22H,1,8,13-14,16H2/t21-/m0/s1. The van der Waals surface area contributed by atoms with Gasteiger partial charge in [-0.1, -0.05) is 67.2 Å². The van der Waals surface area contributed by atoms with Gasteiger partial charge in [0, 0.05) is 5.70 Å². The third kappa shape index (κ3) is 3.88. The van der Waals surface area contributed by atoms with Crippen molar-refractivity contribution in [3.8, 4) is 0 Å². The first-order valence-corrected chi connectivity index (χ1v) is 8.05. The number of rotatable bonds is 6. The van der Waals surface area contributed by atoms with Gasteiger partial charge in [-0.05, 0) is 48.5 Å². The van der Waals surface area contributed by atoms with Crippen LogP contribution in [-0.4, -0.2) is 6.04 Å². The van der Waals surface area contributed by atoms with Crippen LogP contribution in [0.4, 0.5) is 0 Å². The van der Waals surface area contributed by atoms with Crippen LogP contribution < -0.4 is 5.32 Å². The van der Waals surface area contributed by atoms with Gasteiger partial charge in [0.25, 0.3) is 0 Å². The lowest BCUT2D eigenvalue weighted by Crippen LogP contribution is -2.26. The second kappa shape index (κ2) is 7.13.